The molecule has 16 rings (SSSR count). The zero-order valence-electron chi connectivity index (χ0n) is 40.5. The van der Waals surface area contributed by atoms with Crippen LogP contribution in [0.1, 0.15) is 18.1 Å². The first-order valence-corrected chi connectivity index (χ1v) is 25.7. The summed E-state index contributed by atoms with van der Waals surface area (Å²) < 4.78 is 7.35. The van der Waals surface area contributed by atoms with Crippen LogP contribution in [-0.2, 0) is 6.42 Å². The van der Waals surface area contributed by atoms with E-state index >= 15 is 0 Å². The first-order chi connectivity index (χ1) is 36.6. The lowest BCUT2D eigenvalue weighted by Crippen LogP contribution is -2.03. The van der Waals surface area contributed by atoms with E-state index in [1.807, 2.05) is 12.1 Å². The van der Waals surface area contributed by atoms with Gasteiger partial charge >= 0.3 is 0 Å². The van der Waals surface area contributed by atoms with Gasteiger partial charge in [-0.2, -0.15) is 0 Å². The summed E-state index contributed by atoms with van der Waals surface area (Å²) in [5, 5.41) is 12.1. The highest BCUT2D eigenvalue weighted by atomic mass is 15.0. The molecule has 1 atom stereocenters. The lowest BCUT2D eigenvalue weighted by atomic mass is 9.89. The molecule has 0 saturated heterocycles. The van der Waals surface area contributed by atoms with Crippen LogP contribution in [0.4, 0.5) is 0 Å². The van der Waals surface area contributed by atoms with Gasteiger partial charge in [-0.3, -0.25) is 0 Å². The van der Waals surface area contributed by atoms with Crippen molar-refractivity contribution in [3.63, 3.8) is 0 Å². The molecular weight excluding hydrogens is 899 g/mol. The van der Waals surface area contributed by atoms with Crippen LogP contribution >= 0.6 is 0 Å². The Hall–Kier alpha value is -9.58. The quantitative estimate of drug-likeness (QED) is 0.172. The van der Waals surface area contributed by atoms with Crippen LogP contribution in [0.15, 0.2) is 231 Å². The van der Waals surface area contributed by atoms with Crippen molar-refractivity contribution < 1.29 is 0 Å². The van der Waals surface area contributed by atoms with E-state index in [0.29, 0.717) is 5.92 Å². The van der Waals surface area contributed by atoms with Crippen molar-refractivity contribution in [1.82, 2.24) is 23.7 Å². The summed E-state index contributed by atoms with van der Waals surface area (Å²) >= 11 is 0. The van der Waals surface area contributed by atoms with E-state index in [4.69, 9.17) is 9.97 Å². The molecule has 1 aliphatic carbocycles. The Morgan fingerprint density at radius 3 is 1.86 bits per heavy atom. The number of hydrogen-bond donors (Lipinski definition) is 0. The average Bonchev–Trinajstić information content (AvgIpc) is 4.08. The molecule has 4 heterocycles. The van der Waals surface area contributed by atoms with Crippen molar-refractivity contribution in [3.05, 3.63) is 242 Å². The normalized spacial score (nSPS) is 13.8. The van der Waals surface area contributed by atoms with Gasteiger partial charge in [-0.05, 0) is 131 Å². The molecule has 5 nitrogen and oxygen atoms in total. The summed E-state index contributed by atoms with van der Waals surface area (Å²) in [6.45, 7) is 2.31. The number of benzene rings is 11. The van der Waals surface area contributed by atoms with Crippen LogP contribution in [0, 0.1) is 5.92 Å². The minimum absolute atomic E-state index is 0.528. The number of nitrogens with zero attached hydrogens (tertiary/aromatic N) is 5. The first kappa shape index (κ1) is 41.1. The molecule has 11 aromatic carbocycles. The van der Waals surface area contributed by atoms with Gasteiger partial charge in [0.05, 0.1) is 61.2 Å². The summed E-state index contributed by atoms with van der Waals surface area (Å²) in [4.78, 5) is 11.0. The molecule has 346 valence electrons. The third-order valence-corrected chi connectivity index (χ3v) is 15.9. The van der Waals surface area contributed by atoms with Crippen molar-refractivity contribution in [1.29, 1.82) is 0 Å². The van der Waals surface area contributed by atoms with E-state index in [0.717, 1.165) is 89.7 Å². The second-order valence-electron chi connectivity index (χ2n) is 20.2. The highest BCUT2D eigenvalue weighted by Crippen LogP contribution is 2.44. The van der Waals surface area contributed by atoms with Gasteiger partial charge in [-0.25, -0.2) is 9.97 Å². The molecule has 0 spiro atoms. The molecule has 0 saturated carbocycles. The predicted octanol–water partition coefficient (Wildman–Crippen LogP) is 17.8. The molecule has 0 bridgehead atoms. The van der Waals surface area contributed by atoms with Gasteiger partial charge in [0.25, 0.3) is 0 Å². The topological polar surface area (TPSA) is 40.6 Å². The van der Waals surface area contributed by atoms with E-state index in [9.17, 15) is 0 Å². The molecule has 0 aliphatic heterocycles. The lowest BCUT2D eigenvalue weighted by molar-refractivity contribution is 0.718. The number of para-hydroxylation sites is 5. The molecule has 0 fully saturated rings. The molecular formula is C69H45N5. The van der Waals surface area contributed by atoms with Crippen LogP contribution < -0.4 is 0 Å². The Balaban J connectivity index is 0.922. The van der Waals surface area contributed by atoms with Gasteiger partial charge in [0.15, 0.2) is 0 Å². The molecule has 1 unspecified atom stereocenters. The maximum Gasteiger partial charge on any atom is 0.0980 e. The van der Waals surface area contributed by atoms with E-state index in [1.54, 1.807) is 0 Å². The van der Waals surface area contributed by atoms with Crippen molar-refractivity contribution >= 4 is 104 Å². The highest BCUT2D eigenvalue weighted by Gasteiger charge is 2.24. The van der Waals surface area contributed by atoms with Crippen molar-refractivity contribution in [2.24, 2.45) is 5.92 Å². The van der Waals surface area contributed by atoms with Gasteiger partial charge in [-0.15, -0.1) is 0 Å². The number of hydrogen-bond acceptors (Lipinski definition) is 2. The summed E-state index contributed by atoms with van der Waals surface area (Å²) in [6, 6.07) is 82.2. The Labute approximate surface area is 426 Å². The molecule has 5 heteroatoms. The monoisotopic (exact) mass is 943 g/mol. The van der Waals surface area contributed by atoms with Crippen LogP contribution in [0.3, 0.4) is 0 Å². The van der Waals surface area contributed by atoms with E-state index in [2.05, 4.69) is 245 Å². The van der Waals surface area contributed by atoms with Gasteiger partial charge in [0, 0.05) is 60.2 Å². The van der Waals surface area contributed by atoms with Crippen molar-refractivity contribution in [2.75, 3.05) is 0 Å². The van der Waals surface area contributed by atoms with E-state index in [-0.39, 0.29) is 0 Å². The Bertz CT molecular complexity index is 4890. The fraction of sp³-hybridized carbons (Fsp3) is 0.0435. The SMILES string of the molecule is CC1C=Cc2cc3c(cc2C1)c1ccccc1n3-c1ccc2c3cc4ccccc4cc3n(-c3cccc4cc(-c5nc6ccccc6nc5-c5cccc6c5c5ccccc5n6-c5ccccc5)ccc34)c2c1. The number of aromatic nitrogens is 5. The third-order valence-electron chi connectivity index (χ3n) is 15.9. The van der Waals surface area contributed by atoms with Crippen LogP contribution in [0.2, 0.25) is 0 Å². The Morgan fingerprint density at radius 2 is 1.01 bits per heavy atom. The second-order valence-corrected chi connectivity index (χ2v) is 20.2. The maximum absolute atomic E-state index is 5.50. The summed E-state index contributed by atoms with van der Waals surface area (Å²) in [6.07, 6.45) is 5.73. The fourth-order valence-electron chi connectivity index (χ4n) is 12.5. The number of fused-ring (bicyclic) bond motifs is 13. The smallest absolute Gasteiger partial charge is 0.0980 e. The second kappa shape index (κ2) is 15.7. The van der Waals surface area contributed by atoms with Crippen LogP contribution in [-0.4, -0.2) is 23.7 Å². The number of allylic oxidation sites excluding steroid dienone is 1. The fourth-order valence-corrected chi connectivity index (χ4v) is 12.5. The Kier molecular flexibility index (Phi) is 8.72. The van der Waals surface area contributed by atoms with Crippen molar-refractivity contribution in [2.45, 2.75) is 13.3 Å². The molecule has 0 amide bonds. The van der Waals surface area contributed by atoms with Gasteiger partial charge in [-0.1, -0.05) is 153 Å². The van der Waals surface area contributed by atoms with Crippen molar-refractivity contribution in [3.8, 4) is 39.6 Å². The standard InChI is InChI=1S/C69H45N5/c1-42-29-30-45-40-64-57(38-48(45)35-42)52-20-7-11-25-61(52)73(64)50-32-34-53-56-37-43-15-5-6-16-44(43)39-65(56)74(66(53)41-50)60-27-13-17-46-36-47(31-33-51(46)60)68-69(71-59-24-10-9-23-58(59)70-68)55-22-14-28-63-67(55)54-21-8-12-26-62(54)72(63)49-18-3-2-4-19-49/h2-34,36-42H,35H2,1H3. The van der Waals surface area contributed by atoms with Crippen LogP contribution in [0.25, 0.3) is 144 Å². The minimum atomic E-state index is 0.528. The average molecular weight is 944 g/mol. The zero-order valence-corrected chi connectivity index (χ0v) is 40.5. The summed E-state index contributed by atoms with van der Waals surface area (Å²) in [5.41, 5.74) is 18.7. The van der Waals surface area contributed by atoms with Gasteiger partial charge in [0.1, 0.15) is 0 Å². The lowest BCUT2D eigenvalue weighted by Gasteiger charge is -2.17. The highest BCUT2D eigenvalue weighted by molar-refractivity contribution is 6.18. The number of rotatable bonds is 5. The summed E-state index contributed by atoms with van der Waals surface area (Å²) in [5.74, 6) is 0.528. The largest absolute Gasteiger partial charge is 0.309 e. The van der Waals surface area contributed by atoms with Gasteiger partial charge in [0.2, 0.25) is 0 Å². The zero-order chi connectivity index (χ0) is 48.6. The maximum atomic E-state index is 5.50. The minimum Gasteiger partial charge on any atom is -0.309 e. The molecule has 4 aromatic heterocycles. The molecule has 0 radical (unpaired) electrons. The van der Waals surface area contributed by atoms with Gasteiger partial charge < -0.3 is 13.7 Å². The Morgan fingerprint density at radius 1 is 0.392 bits per heavy atom. The van der Waals surface area contributed by atoms with E-state index < -0.39 is 0 Å². The molecule has 0 N–H and O–H groups in total. The first-order valence-electron chi connectivity index (χ1n) is 25.7. The van der Waals surface area contributed by atoms with E-state index in [1.165, 1.54) is 65.4 Å². The predicted molar refractivity (Wildman–Crippen MR) is 310 cm³/mol. The third kappa shape index (κ3) is 6.04. The van der Waals surface area contributed by atoms with Crippen LogP contribution in [0.5, 0.6) is 0 Å². The summed E-state index contributed by atoms with van der Waals surface area (Å²) in [7, 11) is 0. The molecule has 15 aromatic rings. The molecule has 74 heavy (non-hydrogen) atoms. The molecule has 1 aliphatic rings.